The van der Waals surface area contributed by atoms with Crippen molar-refractivity contribution in [3.63, 3.8) is 0 Å². The quantitative estimate of drug-likeness (QED) is 0.751. The lowest BCUT2D eigenvalue weighted by atomic mass is 10.1. The van der Waals surface area contributed by atoms with E-state index in [0.717, 1.165) is 18.5 Å². The van der Waals surface area contributed by atoms with Crippen molar-refractivity contribution in [2.45, 2.75) is 12.3 Å². The molecule has 1 fully saturated rings. The van der Waals surface area contributed by atoms with E-state index < -0.39 is 36.5 Å². The lowest BCUT2D eigenvalue weighted by molar-refractivity contribution is -0.154. The number of nitrogens with zero attached hydrogens (tertiary/aromatic N) is 2. The number of alkyl halides is 3. The SMILES string of the molecule is O=C(Nc1ccc([C@@H]2CNCCO2)c(F)c1)c1cncc(OCC(F)(F)F)n1. The van der Waals surface area contributed by atoms with E-state index in [4.69, 9.17) is 4.74 Å². The maximum Gasteiger partial charge on any atom is 0.422 e. The van der Waals surface area contributed by atoms with E-state index >= 15 is 0 Å². The summed E-state index contributed by atoms with van der Waals surface area (Å²) in [6.45, 7) is 0.0769. The van der Waals surface area contributed by atoms with Gasteiger partial charge in [-0.1, -0.05) is 6.07 Å². The monoisotopic (exact) mass is 400 g/mol. The third-order valence-corrected chi connectivity index (χ3v) is 3.76. The van der Waals surface area contributed by atoms with Crippen LogP contribution >= 0.6 is 0 Å². The van der Waals surface area contributed by atoms with Gasteiger partial charge in [-0.3, -0.25) is 9.78 Å². The molecule has 2 aromatic rings. The highest BCUT2D eigenvalue weighted by Crippen LogP contribution is 2.24. The van der Waals surface area contributed by atoms with E-state index in [1.807, 2.05) is 0 Å². The molecule has 1 aliphatic heterocycles. The molecule has 1 atom stereocenters. The number of amides is 1. The summed E-state index contributed by atoms with van der Waals surface area (Å²) in [6.07, 6.45) is -2.96. The highest BCUT2D eigenvalue weighted by Gasteiger charge is 2.29. The normalized spacial score (nSPS) is 17.2. The number of benzene rings is 1. The summed E-state index contributed by atoms with van der Waals surface area (Å²) in [5.41, 5.74) is 0.231. The maximum absolute atomic E-state index is 14.4. The standard InChI is InChI=1S/C17H16F4N4O3/c18-12-5-10(1-2-11(12)14-7-22-3-4-27-14)24-16(26)13-6-23-8-15(25-13)28-9-17(19,20)21/h1-2,5-6,8,14,22H,3-4,7,9H2,(H,24,26)/t14-/m0/s1. The number of carbonyl (C=O) groups is 1. The molecule has 2 heterocycles. The highest BCUT2D eigenvalue weighted by atomic mass is 19.4. The second-order valence-corrected chi connectivity index (χ2v) is 5.90. The molecule has 1 amide bonds. The summed E-state index contributed by atoms with van der Waals surface area (Å²) in [5, 5.41) is 5.51. The summed E-state index contributed by atoms with van der Waals surface area (Å²) in [7, 11) is 0. The Balaban J connectivity index is 1.66. The molecule has 1 aromatic heterocycles. The van der Waals surface area contributed by atoms with Gasteiger partial charge >= 0.3 is 6.18 Å². The average Bonchev–Trinajstić information content (AvgIpc) is 2.67. The molecule has 1 saturated heterocycles. The van der Waals surface area contributed by atoms with Crippen LogP contribution in [0.15, 0.2) is 30.6 Å². The third-order valence-electron chi connectivity index (χ3n) is 3.76. The number of anilines is 1. The van der Waals surface area contributed by atoms with Crippen LogP contribution in [0.25, 0.3) is 0 Å². The number of halogens is 4. The van der Waals surface area contributed by atoms with Crippen LogP contribution in [-0.2, 0) is 4.74 Å². The average molecular weight is 400 g/mol. The first-order chi connectivity index (χ1) is 13.3. The Morgan fingerprint density at radius 3 is 2.86 bits per heavy atom. The summed E-state index contributed by atoms with van der Waals surface area (Å²) in [6, 6.07) is 4.12. The van der Waals surface area contributed by atoms with E-state index in [1.165, 1.54) is 12.1 Å². The fraction of sp³-hybridized carbons (Fsp3) is 0.353. The zero-order chi connectivity index (χ0) is 20.1. The molecular weight excluding hydrogens is 384 g/mol. The fourth-order valence-electron chi connectivity index (χ4n) is 2.51. The van der Waals surface area contributed by atoms with Crippen LogP contribution in [0.5, 0.6) is 5.88 Å². The van der Waals surface area contributed by atoms with E-state index in [2.05, 4.69) is 25.3 Å². The zero-order valence-corrected chi connectivity index (χ0v) is 14.4. The Hall–Kier alpha value is -2.79. The van der Waals surface area contributed by atoms with Crippen LogP contribution in [0.2, 0.25) is 0 Å². The highest BCUT2D eigenvalue weighted by molar-refractivity contribution is 6.02. The number of nitrogens with one attached hydrogen (secondary N) is 2. The first-order valence-corrected chi connectivity index (χ1v) is 8.26. The molecule has 0 unspecified atom stereocenters. The molecule has 0 radical (unpaired) electrons. The number of rotatable bonds is 5. The van der Waals surface area contributed by atoms with Crippen molar-refractivity contribution >= 4 is 11.6 Å². The maximum atomic E-state index is 14.4. The number of ether oxygens (including phenoxy) is 2. The molecule has 7 nitrogen and oxygen atoms in total. The minimum Gasteiger partial charge on any atom is -0.467 e. The zero-order valence-electron chi connectivity index (χ0n) is 14.4. The molecule has 2 N–H and O–H groups in total. The van der Waals surface area contributed by atoms with Crippen molar-refractivity contribution in [3.8, 4) is 5.88 Å². The molecule has 28 heavy (non-hydrogen) atoms. The minimum atomic E-state index is -4.54. The minimum absolute atomic E-state index is 0.151. The second-order valence-electron chi connectivity index (χ2n) is 5.90. The Morgan fingerprint density at radius 2 is 2.18 bits per heavy atom. The largest absolute Gasteiger partial charge is 0.467 e. The van der Waals surface area contributed by atoms with Gasteiger partial charge in [0.25, 0.3) is 5.91 Å². The van der Waals surface area contributed by atoms with E-state index in [-0.39, 0.29) is 11.4 Å². The van der Waals surface area contributed by atoms with Crippen LogP contribution in [0.3, 0.4) is 0 Å². The Labute approximate surface area is 157 Å². The van der Waals surface area contributed by atoms with Gasteiger partial charge in [0.1, 0.15) is 5.82 Å². The van der Waals surface area contributed by atoms with Gasteiger partial charge in [-0.2, -0.15) is 13.2 Å². The molecule has 0 spiro atoms. The Kier molecular flexibility index (Phi) is 6.05. The van der Waals surface area contributed by atoms with Gasteiger partial charge in [0.2, 0.25) is 5.88 Å². The van der Waals surface area contributed by atoms with Crippen molar-refractivity contribution in [1.82, 2.24) is 15.3 Å². The first-order valence-electron chi connectivity index (χ1n) is 8.26. The van der Waals surface area contributed by atoms with Gasteiger partial charge in [0, 0.05) is 24.3 Å². The number of carbonyl (C=O) groups excluding carboxylic acids is 1. The molecule has 1 aliphatic rings. The Morgan fingerprint density at radius 1 is 1.36 bits per heavy atom. The van der Waals surface area contributed by atoms with Crippen molar-refractivity contribution in [1.29, 1.82) is 0 Å². The first kappa shape index (κ1) is 20.0. The van der Waals surface area contributed by atoms with Gasteiger partial charge < -0.3 is 20.1 Å². The van der Waals surface area contributed by atoms with Crippen LogP contribution in [0, 0.1) is 5.82 Å². The van der Waals surface area contributed by atoms with Gasteiger partial charge in [0.15, 0.2) is 12.3 Å². The predicted molar refractivity (Wildman–Crippen MR) is 89.5 cm³/mol. The van der Waals surface area contributed by atoms with Gasteiger partial charge in [-0.25, -0.2) is 9.37 Å². The summed E-state index contributed by atoms with van der Waals surface area (Å²) >= 11 is 0. The predicted octanol–water partition coefficient (Wildman–Crippen LogP) is 2.47. The fourth-order valence-corrected chi connectivity index (χ4v) is 2.51. The van der Waals surface area contributed by atoms with Gasteiger partial charge in [-0.15, -0.1) is 0 Å². The van der Waals surface area contributed by atoms with Crippen LogP contribution in [0.1, 0.15) is 22.2 Å². The summed E-state index contributed by atoms with van der Waals surface area (Å²) in [5.74, 6) is -1.78. The lowest BCUT2D eigenvalue weighted by Crippen LogP contribution is -2.33. The topological polar surface area (TPSA) is 85.4 Å². The molecular formula is C17H16F4N4O3. The Bertz CT molecular complexity index is 841. The van der Waals surface area contributed by atoms with E-state index in [1.54, 1.807) is 0 Å². The lowest BCUT2D eigenvalue weighted by Gasteiger charge is -2.24. The van der Waals surface area contributed by atoms with Crippen LogP contribution in [0.4, 0.5) is 23.2 Å². The molecule has 0 saturated carbocycles. The van der Waals surface area contributed by atoms with E-state index in [0.29, 0.717) is 25.3 Å². The van der Waals surface area contributed by atoms with Crippen molar-refractivity contribution < 1.29 is 31.8 Å². The van der Waals surface area contributed by atoms with Crippen LogP contribution in [-0.4, -0.2) is 48.4 Å². The summed E-state index contributed by atoms with van der Waals surface area (Å²) in [4.78, 5) is 19.5. The van der Waals surface area contributed by atoms with Crippen molar-refractivity contribution in [3.05, 3.63) is 47.7 Å². The smallest absolute Gasteiger partial charge is 0.422 e. The molecule has 150 valence electrons. The molecule has 3 rings (SSSR count). The van der Waals surface area contributed by atoms with Crippen LogP contribution < -0.4 is 15.4 Å². The molecule has 0 bridgehead atoms. The number of morpholine rings is 1. The number of hydrogen-bond donors (Lipinski definition) is 2. The van der Waals surface area contributed by atoms with Gasteiger partial charge in [0.05, 0.1) is 25.1 Å². The van der Waals surface area contributed by atoms with E-state index in [9.17, 15) is 22.4 Å². The summed E-state index contributed by atoms with van der Waals surface area (Å²) < 4.78 is 60.9. The number of hydrogen-bond acceptors (Lipinski definition) is 6. The molecule has 0 aliphatic carbocycles. The number of aromatic nitrogens is 2. The van der Waals surface area contributed by atoms with Crippen molar-refractivity contribution in [2.75, 3.05) is 31.6 Å². The molecule has 11 heteroatoms. The second kappa shape index (κ2) is 8.48. The van der Waals surface area contributed by atoms with Crippen molar-refractivity contribution in [2.24, 2.45) is 0 Å². The van der Waals surface area contributed by atoms with Gasteiger partial charge in [-0.05, 0) is 12.1 Å². The third kappa shape index (κ3) is 5.36. The molecule has 1 aromatic carbocycles.